The summed E-state index contributed by atoms with van der Waals surface area (Å²) in [5, 5.41) is 0. The van der Waals surface area contributed by atoms with Gasteiger partial charge in [0.2, 0.25) is 0 Å². The fourth-order valence-corrected chi connectivity index (χ4v) is 2.43. The molecule has 0 radical (unpaired) electrons. The van der Waals surface area contributed by atoms with E-state index in [9.17, 15) is 0 Å². The minimum absolute atomic E-state index is 0.570. The third-order valence-corrected chi connectivity index (χ3v) is 3.67. The van der Waals surface area contributed by atoms with Crippen molar-refractivity contribution in [1.29, 1.82) is 0 Å². The van der Waals surface area contributed by atoms with Gasteiger partial charge < -0.3 is 10.6 Å². The molecule has 2 nitrogen and oxygen atoms in total. The summed E-state index contributed by atoms with van der Waals surface area (Å²) in [7, 11) is 2.11. The number of rotatable bonds is 5. The molecule has 0 aliphatic heterocycles. The Labute approximate surface area is 104 Å². The molecular formula is C11H17BrN2S. The van der Waals surface area contributed by atoms with Gasteiger partial charge >= 0.3 is 0 Å². The zero-order valence-corrected chi connectivity index (χ0v) is 11.6. The molecule has 0 atom stereocenters. The zero-order valence-electron chi connectivity index (χ0n) is 9.16. The molecule has 0 saturated heterocycles. The van der Waals surface area contributed by atoms with Gasteiger partial charge in [-0.1, -0.05) is 22.0 Å². The molecule has 0 amide bonds. The highest BCUT2D eigenvalue weighted by Crippen LogP contribution is 2.26. The molecule has 84 valence electrons. The first kappa shape index (κ1) is 12.9. The lowest BCUT2D eigenvalue weighted by molar-refractivity contribution is 0.945. The van der Waals surface area contributed by atoms with Crippen molar-refractivity contribution in [2.45, 2.75) is 6.54 Å². The van der Waals surface area contributed by atoms with Crippen molar-refractivity contribution in [1.82, 2.24) is 0 Å². The number of anilines is 1. The second-order valence-corrected chi connectivity index (χ2v) is 5.20. The Morgan fingerprint density at radius 2 is 2.20 bits per heavy atom. The van der Waals surface area contributed by atoms with Crippen LogP contribution in [0.4, 0.5) is 5.69 Å². The zero-order chi connectivity index (χ0) is 11.3. The van der Waals surface area contributed by atoms with Crippen LogP contribution in [0.25, 0.3) is 0 Å². The Morgan fingerprint density at radius 1 is 1.47 bits per heavy atom. The Balaban J connectivity index is 2.87. The molecule has 0 heterocycles. The summed E-state index contributed by atoms with van der Waals surface area (Å²) in [6.45, 7) is 1.62. The Morgan fingerprint density at radius 3 is 2.80 bits per heavy atom. The summed E-state index contributed by atoms with van der Waals surface area (Å²) in [6, 6.07) is 6.20. The number of nitrogens with two attached hydrogens (primary N) is 1. The topological polar surface area (TPSA) is 29.3 Å². The molecule has 0 unspecified atom stereocenters. The van der Waals surface area contributed by atoms with E-state index in [1.807, 2.05) is 23.9 Å². The molecule has 4 heteroatoms. The predicted molar refractivity (Wildman–Crippen MR) is 73.7 cm³/mol. The number of hydrogen-bond donors (Lipinski definition) is 1. The van der Waals surface area contributed by atoms with Gasteiger partial charge in [-0.2, -0.15) is 11.8 Å². The molecule has 15 heavy (non-hydrogen) atoms. The second kappa shape index (κ2) is 6.40. The molecule has 1 aromatic rings. The van der Waals surface area contributed by atoms with Gasteiger partial charge in [-0.25, -0.2) is 0 Å². The van der Waals surface area contributed by atoms with Crippen molar-refractivity contribution in [2.24, 2.45) is 5.73 Å². The Bertz CT molecular complexity index is 317. The minimum atomic E-state index is 0.570. The first-order valence-corrected chi connectivity index (χ1v) is 7.07. The summed E-state index contributed by atoms with van der Waals surface area (Å²) in [6.07, 6.45) is 2.12. The number of benzene rings is 1. The lowest BCUT2D eigenvalue weighted by Crippen LogP contribution is -2.22. The van der Waals surface area contributed by atoms with Crippen LogP contribution < -0.4 is 10.6 Å². The lowest BCUT2D eigenvalue weighted by Gasteiger charge is -2.22. The van der Waals surface area contributed by atoms with E-state index in [1.54, 1.807) is 0 Å². The average molecular weight is 289 g/mol. The predicted octanol–water partition coefficient (Wildman–Crippen LogP) is 2.71. The molecule has 0 fully saturated rings. The SMILES string of the molecule is CSCCN(C)c1cccc(Br)c1CN. The van der Waals surface area contributed by atoms with E-state index >= 15 is 0 Å². The van der Waals surface area contributed by atoms with Crippen LogP contribution in [0.5, 0.6) is 0 Å². The van der Waals surface area contributed by atoms with E-state index in [0.717, 1.165) is 16.8 Å². The van der Waals surface area contributed by atoms with Gasteiger partial charge in [0.15, 0.2) is 0 Å². The molecule has 1 aromatic carbocycles. The monoisotopic (exact) mass is 288 g/mol. The van der Waals surface area contributed by atoms with Gasteiger partial charge in [-0.05, 0) is 18.4 Å². The summed E-state index contributed by atoms with van der Waals surface area (Å²) in [4.78, 5) is 2.25. The molecule has 2 N–H and O–H groups in total. The molecule has 0 aliphatic rings. The van der Waals surface area contributed by atoms with Crippen LogP contribution in [0.2, 0.25) is 0 Å². The van der Waals surface area contributed by atoms with Crippen LogP contribution in [0.15, 0.2) is 22.7 Å². The lowest BCUT2D eigenvalue weighted by atomic mass is 10.1. The summed E-state index contributed by atoms with van der Waals surface area (Å²) < 4.78 is 1.10. The highest BCUT2D eigenvalue weighted by Gasteiger charge is 2.08. The Hall–Kier alpha value is -0.190. The fourth-order valence-electron chi connectivity index (χ4n) is 1.46. The van der Waals surface area contributed by atoms with Gasteiger partial charge in [-0.3, -0.25) is 0 Å². The highest BCUT2D eigenvalue weighted by molar-refractivity contribution is 9.10. The van der Waals surface area contributed by atoms with E-state index in [-0.39, 0.29) is 0 Å². The first-order chi connectivity index (χ1) is 7.20. The van der Waals surface area contributed by atoms with Crippen molar-refractivity contribution in [3.63, 3.8) is 0 Å². The van der Waals surface area contributed by atoms with E-state index in [2.05, 4.69) is 40.2 Å². The van der Waals surface area contributed by atoms with Crippen molar-refractivity contribution < 1.29 is 0 Å². The fraction of sp³-hybridized carbons (Fsp3) is 0.455. The number of halogens is 1. The molecule has 0 aromatic heterocycles. The van der Waals surface area contributed by atoms with E-state index in [1.165, 1.54) is 11.3 Å². The standard InChI is InChI=1S/C11H17BrN2S/c1-14(6-7-15-2)11-5-3-4-10(12)9(11)8-13/h3-5H,6-8,13H2,1-2H3. The van der Waals surface area contributed by atoms with Crippen LogP contribution in [0.3, 0.4) is 0 Å². The summed E-state index contributed by atoms with van der Waals surface area (Å²) in [5.74, 6) is 1.13. The third kappa shape index (κ3) is 3.40. The van der Waals surface area contributed by atoms with Crippen LogP contribution in [0.1, 0.15) is 5.56 Å². The number of hydrogen-bond acceptors (Lipinski definition) is 3. The normalized spacial score (nSPS) is 10.4. The second-order valence-electron chi connectivity index (χ2n) is 3.36. The Kier molecular flexibility index (Phi) is 5.50. The van der Waals surface area contributed by atoms with Crippen molar-refractivity contribution >= 4 is 33.4 Å². The highest BCUT2D eigenvalue weighted by atomic mass is 79.9. The summed E-state index contributed by atoms with van der Waals surface area (Å²) in [5.41, 5.74) is 8.16. The van der Waals surface area contributed by atoms with E-state index in [0.29, 0.717) is 6.54 Å². The molecule has 1 rings (SSSR count). The molecule has 0 aliphatic carbocycles. The third-order valence-electron chi connectivity index (χ3n) is 2.34. The first-order valence-electron chi connectivity index (χ1n) is 4.88. The maximum atomic E-state index is 5.76. The van der Waals surface area contributed by atoms with Crippen molar-refractivity contribution in [2.75, 3.05) is 30.5 Å². The maximum absolute atomic E-state index is 5.76. The minimum Gasteiger partial charge on any atom is -0.373 e. The summed E-state index contributed by atoms with van der Waals surface area (Å²) >= 11 is 5.39. The largest absolute Gasteiger partial charge is 0.373 e. The average Bonchev–Trinajstić information content (AvgIpc) is 2.25. The number of thioether (sulfide) groups is 1. The molecule has 0 spiro atoms. The van der Waals surface area contributed by atoms with E-state index in [4.69, 9.17) is 5.73 Å². The van der Waals surface area contributed by atoms with Gasteiger partial charge in [0.05, 0.1) is 0 Å². The van der Waals surface area contributed by atoms with Crippen molar-refractivity contribution in [3.05, 3.63) is 28.2 Å². The van der Waals surface area contributed by atoms with Gasteiger partial charge in [0.1, 0.15) is 0 Å². The van der Waals surface area contributed by atoms with Crippen LogP contribution in [-0.2, 0) is 6.54 Å². The van der Waals surface area contributed by atoms with Crippen LogP contribution >= 0.6 is 27.7 Å². The van der Waals surface area contributed by atoms with Gasteiger partial charge in [0, 0.05) is 41.6 Å². The van der Waals surface area contributed by atoms with Crippen LogP contribution in [-0.4, -0.2) is 25.6 Å². The van der Waals surface area contributed by atoms with E-state index < -0.39 is 0 Å². The van der Waals surface area contributed by atoms with Gasteiger partial charge in [0.25, 0.3) is 0 Å². The quantitative estimate of drug-likeness (QED) is 0.903. The molecule has 0 saturated carbocycles. The molecular weight excluding hydrogens is 272 g/mol. The smallest absolute Gasteiger partial charge is 0.0420 e. The maximum Gasteiger partial charge on any atom is 0.0420 e. The van der Waals surface area contributed by atoms with Crippen molar-refractivity contribution in [3.8, 4) is 0 Å². The van der Waals surface area contributed by atoms with Crippen LogP contribution in [0, 0.1) is 0 Å². The van der Waals surface area contributed by atoms with Gasteiger partial charge in [-0.15, -0.1) is 0 Å². The molecule has 0 bridgehead atoms. The number of nitrogens with zero attached hydrogens (tertiary/aromatic N) is 1.